The molecule has 5 aromatic rings. The average molecular weight is 999 g/mol. The second-order valence-corrected chi connectivity index (χ2v) is 14.1. The van der Waals surface area contributed by atoms with Crippen LogP contribution in [0.15, 0.2) is 41.7 Å². The van der Waals surface area contributed by atoms with Crippen LogP contribution >= 0.6 is 0 Å². The van der Waals surface area contributed by atoms with Crippen molar-refractivity contribution in [1.82, 2.24) is 0 Å². The van der Waals surface area contributed by atoms with E-state index in [0.717, 1.165) is 31.3 Å². The molecular weight excluding hydrogens is 973 g/mol. The predicted octanol–water partition coefficient (Wildman–Crippen LogP) is 8.43. The van der Waals surface area contributed by atoms with Crippen LogP contribution in [0.1, 0.15) is 39.0 Å². The van der Waals surface area contributed by atoms with Crippen molar-refractivity contribution in [3.8, 4) is 0 Å². The fraction of sp³-hybridized carbons (Fsp3) is 0.214. The summed E-state index contributed by atoms with van der Waals surface area (Å²) >= 11 is 0. The Hall–Kier alpha value is -6.63. The molecule has 5 rings (SSSR count). The van der Waals surface area contributed by atoms with Crippen LogP contribution in [-0.2, 0) is 25.6 Å². The molecular formula is C42H26BF20NO4. The normalized spacial score (nSPS) is 11.3. The lowest BCUT2D eigenvalue weighted by Crippen LogP contribution is -2.81. The summed E-state index contributed by atoms with van der Waals surface area (Å²) in [7, 11) is 2.55. The lowest BCUT2D eigenvalue weighted by atomic mass is 9.12. The maximum Gasteiger partial charge on any atom is 0.345 e. The van der Waals surface area contributed by atoms with Gasteiger partial charge in [-0.15, -0.1) is 21.9 Å². The first-order chi connectivity index (χ1) is 31.8. The molecule has 0 fully saturated rings. The van der Waals surface area contributed by atoms with E-state index in [9.17, 15) is 62.3 Å². The first-order valence-corrected chi connectivity index (χ1v) is 18.9. The number of benzene rings is 4. The van der Waals surface area contributed by atoms with Gasteiger partial charge in [-0.2, -0.15) is 0 Å². The molecule has 0 bridgehead atoms. The number of allylic oxidation sites excluding steroid dienone is 1. The number of aromatic nitrogens is 1. The second-order valence-electron chi connectivity index (χ2n) is 14.1. The standard InChI is InChI=1S/C24BF20.C18H26NO4/c26-5-1(6(27)14(35)21(42)13(5)34)25(2-7(28)15(36)22(43)16(37)8(2)29,3-9(30)17(38)23(44)18(39)10(3)31)4-11(32)19(40)24(45)20(41)12(4)33;1-4-5-6-8-11-15(14-19-12-9-7-10-13-19)16(17(20)22-2)18(21)23-3/h;7,9-10,12-13H,4-6,8,11,14H2,1-3H3/q-1;+1. The van der Waals surface area contributed by atoms with Crippen molar-refractivity contribution in [2.45, 2.75) is 45.6 Å². The molecule has 0 aliphatic rings. The van der Waals surface area contributed by atoms with E-state index in [1.54, 1.807) is 0 Å². The van der Waals surface area contributed by atoms with Crippen molar-refractivity contribution in [2.24, 2.45) is 0 Å². The molecule has 0 aliphatic carbocycles. The third kappa shape index (κ3) is 9.32. The average Bonchev–Trinajstić information content (AvgIpc) is 3.33. The number of halogens is 20. The molecule has 0 atom stereocenters. The third-order valence-corrected chi connectivity index (χ3v) is 10.3. The summed E-state index contributed by atoms with van der Waals surface area (Å²) in [6.45, 7) is 2.61. The van der Waals surface area contributed by atoms with Gasteiger partial charge in [0.2, 0.25) is 0 Å². The minimum Gasteiger partial charge on any atom is -0.465 e. The zero-order valence-electron chi connectivity index (χ0n) is 34.3. The molecule has 0 spiro atoms. The number of methoxy groups -OCH3 is 2. The van der Waals surface area contributed by atoms with Gasteiger partial charge in [0.15, 0.2) is 88.7 Å². The van der Waals surface area contributed by atoms with Gasteiger partial charge in [0, 0.05) is 17.7 Å². The Kier molecular flexibility index (Phi) is 17.1. The first-order valence-electron chi connectivity index (χ1n) is 18.9. The van der Waals surface area contributed by atoms with Crippen LogP contribution in [0, 0.1) is 116 Å². The number of hydrogen-bond donors (Lipinski definition) is 0. The van der Waals surface area contributed by atoms with E-state index in [-0.39, 0.29) is 5.57 Å². The molecule has 5 nitrogen and oxygen atoms in total. The summed E-state index contributed by atoms with van der Waals surface area (Å²) < 4.78 is 305. The van der Waals surface area contributed by atoms with Crippen LogP contribution in [0.2, 0.25) is 0 Å². The Labute approximate surface area is 369 Å². The molecule has 4 aromatic carbocycles. The van der Waals surface area contributed by atoms with Gasteiger partial charge in [0.1, 0.15) is 58.3 Å². The Bertz CT molecular complexity index is 2430. The summed E-state index contributed by atoms with van der Waals surface area (Å²) in [5.41, 5.74) is -13.6. The highest BCUT2D eigenvalue weighted by molar-refractivity contribution is 7.20. The zero-order chi connectivity index (χ0) is 51.4. The van der Waals surface area contributed by atoms with Gasteiger partial charge in [-0.25, -0.2) is 102 Å². The molecule has 0 unspecified atom stereocenters. The van der Waals surface area contributed by atoms with E-state index in [0.29, 0.717) is 13.0 Å². The minimum atomic E-state index is -7.22. The largest absolute Gasteiger partial charge is 0.465 e. The molecule has 0 amide bonds. The van der Waals surface area contributed by atoms with Crippen molar-refractivity contribution in [3.05, 3.63) is 158 Å². The summed E-state index contributed by atoms with van der Waals surface area (Å²) in [4.78, 5) is 24.1. The number of unbranched alkanes of at least 4 members (excludes halogenated alkanes) is 3. The lowest BCUT2D eigenvalue weighted by molar-refractivity contribution is -0.689. The smallest absolute Gasteiger partial charge is 0.345 e. The highest BCUT2D eigenvalue weighted by Gasteiger charge is 2.52. The van der Waals surface area contributed by atoms with Crippen LogP contribution < -0.4 is 26.4 Å². The van der Waals surface area contributed by atoms with Crippen molar-refractivity contribution < 1.29 is 111 Å². The Morgan fingerprint density at radius 1 is 0.412 bits per heavy atom. The Morgan fingerprint density at radius 2 is 0.676 bits per heavy atom. The van der Waals surface area contributed by atoms with Gasteiger partial charge in [-0.3, -0.25) is 0 Å². The molecule has 366 valence electrons. The molecule has 0 N–H and O–H groups in total. The van der Waals surface area contributed by atoms with Gasteiger partial charge in [-0.1, -0.05) is 32.3 Å². The predicted molar refractivity (Wildman–Crippen MR) is 196 cm³/mol. The number of hydrogen-bond acceptors (Lipinski definition) is 4. The third-order valence-electron chi connectivity index (χ3n) is 10.3. The molecule has 1 heterocycles. The van der Waals surface area contributed by atoms with E-state index in [2.05, 4.69) is 6.92 Å². The fourth-order valence-corrected chi connectivity index (χ4v) is 7.26. The number of ether oxygens (including phenoxy) is 2. The summed E-state index contributed by atoms with van der Waals surface area (Å²) in [5.74, 6) is -72.7. The minimum absolute atomic E-state index is 0.0165. The molecule has 0 radical (unpaired) electrons. The van der Waals surface area contributed by atoms with E-state index in [1.807, 2.05) is 35.2 Å². The highest BCUT2D eigenvalue weighted by atomic mass is 19.2. The molecule has 0 saturated heterocycles. The van der Waals surface area contributed by atoms with Crippen LogP contribution in [0.4, 0.5) is 87.8 Å². The van der Waals surface area contributed by atoms with E-state index >= 15 is 35.1 Å². The second kappa shape index (κ2) is 21.6. The molecule has 0 aliphatic heterocycles. The maximum absolute atomic E-state index is 15.4. The number of nitrogens with zero attached hydrogens (tertiary/aromatic N) is 1. The number of carbonyl (C=O) groups is 2. The molecule has 68 heavy (non-hydrogen) atoms. The van der Waals surface area contributed by atoms with Gasteiger partial charge >= 0.3 is 11.9 Å². The van der Waals surface area contributed by atoms with Crippen LogP contribution in [0.3, 0.4) is 0 Å². The van der Waals surface area contributed by atoms with E-state index < -0.39 is 156 Å². The summed E-state index contributed by atoms with van der Waals surface area (Å²) in [6.07, 6.45) is 1.51. The Balaban J connectivity index is 0.000000369. The zero-order valence-corrected chi connectivity index (χ0v) is 34.3. The van der Waals surface area contributed by atoms with Crippen molar-refractivity contribution in [2.75, 3.05) is 14.2 Å². The SMILES string of the molecule is CCCCCCC(C[n+]1ccccc1)=C(C(=O)OC)C(=O)OC.Fc1c(F)c(F)c([B-](c2c(F)c(F)c(F)c(F)c2F)(c2c(F)c(F)c(F)c(F)c2F)c2c(F)c(F)c(F)c(F)c2F)c(F)c1F. The topological polar surface area (TPSA) is 56.5 Å². The van der Waals surface area contributed by atoms with Crippen LogP contribution in [0.25, 0.3) is 0 Å². The van der Waals surface area contributed by atoms with E-state index in [1.165, 1.54) is 14.2 Å². The number of carbonyl (C=O) groups excluding carboxylic acids is 2. The summed E-state index contributed by atoms with van der Waals surface area (Å²) in [5, 5.41) is 0. The highest BCUT2D eigenvalue weighted by Crippen LogP contribution is 2.31. The first kappa shape index (κ1) is 54.0. The van der Waals surface area contributed by atoms with Gasteiger partial charge in [-0.05, 0) is 12.8 Å². The van der Waals surface area contributed by atoms with Crippen molar-refractivity contribution in [3.63, 3.8) is 0 Å². The number of esters is 2. The number of rotatable bonds is 13. The fourth-order valence-electron chi connectivity index (χ4n) is 7.26. The summed E-state index contributed by atoms with van der Waals surface area (Å²) in [6, 6.07) is 5.73. The van der Waals surface area contributed by atoms with Gasteiger partial charge < -0.3 is 9.47 Å². The quantitative estimate of drug-likeness (QED) is 0.0114. The van der Waals surface area contributed by atoms with Gasteiger partial charge in [0.05, 0.1) is 14.2 Å². The van der Waals surface area contributed by atoms with Gasteiger partial charge in [0.25, 0.3) is 0 Å². The maximum atomic E-state index is 15.4. The van der Waals surface area contributed by atoms with Crippen molar-refractivity contribution in [1.29, 1.82) is 0 Å². The van der Waals surface area contributed by atoms with Crippen LogP contribution in [0.5, 0.6) is 0 Å². The molecule has 0 saturated carbocycles. The lowest BCUT2D eigenvalue weighted by Gasteiger charge is -2.44. The molecule has 1 aromatic heterocycles. The molecule has 26 heteroatoms. The Morgan fingerprint density at radius 3 is 0.926 bits per heavy atom. The van der Waals surface area contributed by atoms with Crippen molar-refractivity contribution >= 4 is 39.9 Å². The van der Waals surface area contributed by atoms with E-state index in [4.69, 9.17) is 9.47 Å². The monoisotopic (exact) mass is 999 g/mol. The van der Waals surface area contributed by atoms with Crippen LogP contribution in [-0.4, -0.2) is 32.3 Å². The number of pyridine rings is 1.